The number of carbonyl (C=O) groups excluding carboxylic acids is 2. The van der Waals surface area contributed by atoms with Gasteiger partial charge in [-0.15, -0.1) is 0 Å². The first kappa shape index (κ1) is 21.5. The number of amides is 2. The molecule has 6 nitrogen and oxygen atoms in total. The molecule has 176 valence electrons. The summed E-state index contributed by atoms with van der Waals surface area (Å²) in [5.41, 5.74) is 2.71. The number of nitrogens with zero attached hydrogens (tertiary/aromatic N) is 3. The Bertz CT molecular complexity index is 1420. The average molecular weight is 472 g/mol. The summed E-state index contributed by atoms with van der Waals surface area (Å²) in [4.78, 5) is 27.2. The van der Waals surface area contributed by atoms with Crippen LogP contribution in [-0.2, 0) is 9.59 Å². The van der Waals surface area contributed by atoms with Crippen LogP contribution in [0.15, 0.2) is 79.0 Å². The van der Waals surface area contributed by atoms with Gasteiger partial charge < -0.3 is 10.2 Å². The van der Waals surface area contributed by atoms with Crippen LogP contribution in [-0.4, -0.2) is 33.8 Å². The second-order valence-electron chi connectivity index (χ2n) is 9.05. The Morgan fingerprint density at radius 3 is 2.40 bits per heavy atom. The molecule has 1 saturated heterocycles. The Morgan fingerprint density at radius 2 is 1.69 bits per heavy atom. The van der Waals surface area contributed by atoms with E-state index in [2.05, 4.69) is 10.4 Å². The minimum Gasteiger partial charge on any atom is -0.347 e. The van der Waals surface area contributed by atoms with E-state index >= 15 is 4.39 Å². The molecule has 0 spiro atoms. The van der Waals surface area contributed by atoms with Gasteiger partial charge >= 0.3 is 0 Å². The zero-order valence-corrected chi connectivity index (χ0v) is 18.6. The van der Waals surface area contributed by atoms with Crippen LogP contribution >= 0.6 is 0 Å². The third kappa shape index (κ3) is 3.75. The molecular weight excluding hydrogens is 450 g/mol. The van der Waals surface area contributed by atoms with Gasteiger partial charge in [-0.2, -0.15) is 5.10 Å². The normalized spacial score (nSPS) is 22.1. The minimum atomic E-state index is -1.86. The quantitative estimate of drug-likeness (QED) is 0.466. The first-order valence-electron chi connectivity index (χ1n) is 11.6. The first-order valence-corrected chi connectivity index (χ1v) is 11.6. The molecule has 1 aliphatic carbocycles. The molecule has 1 N–H and O–H groups in total. The molecule has 1 saturated carbocycles. The molecule has 2 heterocycles. The smallest absolute Gasteiger partial charge is 0.264 e. The fraction of sp³-hybridized carbons (Fsp3) is 0.222. The van der Waals surface area contributed by atoms with E-state index in [1.165, 1.54) is 17.0 Å². The Balaban J connectivity index is 1.40. The first-order chi connectivity index (χ1) is 17.0. The van der Waals surface area contributed by atoms with Crippen LogP contribution < -0.4 is 10.2 Å². The molecule has 1 aromatic heterocycles. The number of alkyl halides is 1. The van der Waals surface area contributed by atoms with Crippen molar-refractivity contribution in [1.29, 1.82) is 0 Å². The van der Waals surface area contributed by atoms with Gasteiger partial charge in [0.1, 0.15) is 5.82 Å². The van der Waals surface area contributed by atoms with Crippen molar-refractivity contribution in [3.63, 3.8) is 0 Å². The van der Waals surface area contributed by atoms with E-state index in [0.29, 0.717) is 11.4 Å². The van der Waals surface area contributed by atoms with E-state index in [9.17, 15) is 14.0 Å². The molecule has 2 amide bonds. The Labute approximate surface area is 200 Å². The summed E-state index contributed by atoms with van der Waals surface area (Å²) < 4.78 is 30.4. The van der Waals surface area contributed by atoms with Crippen LogP contribution in [0.3, 0.4) is 0 Å². The molecule has 3 aromatic carbocycles. The maximum absolute atomic E-state index is 15.4. The van der Waals surface area contributed by atoms with Crippen molar-refractivity contribution < 1.29 is 18.4 Å². The second-order valence-corrected chi connectivity index (χ2v) is 9.05. The van der Waals surface area contributed by atoms with E-state index in [1.54, 1.807) is 41.2 Å². The summed E-state index contributed by atoms with van der Waals surface area (Å²) in [6, 6.07) is 18.8. The number of aromatic nitrogens is 2. The lowest BCUT2D eigenvalue weighted by atomic mass is 9.98. The number of anilines is 1. The van der Waals surface area contributed by atoms with Gasteiger partial charge in [0, 0.05) is 17.0 Å². The van der Waals surface area contributed by atoms with E-state index in [1.807, 2.05) is 30.3 Å². The molecule has 6 rings (SSSR count). The second kappa shape index (κ2) is 8.30. The van der Waals surface area contributed by atoms with E-state index in [0.717, 1.165) is 29.3 Å². The monoisotopic (exact) mass is 472 g/mol. The summed E-state index contributed by atoms with van der Waals surface area (Å²) in [7, 11) is 0. The maximum atomic E-state index is 15.4. The van der Waals surface area contributed by atoms with Gasteiger partial charge in [-0.3, -0.25) is 9.59 Å². The zero-order valence-electron chi connectivity index (χ0n) is 18.6. The largest absolute Gasteiger partial charge is 0.347 e. The lowest BCUT2D eigenvalue weighted by molar-refractivity contribution is -0.124. The van der Waals surface area contributed by atoms with Crippen LogP contribution in [0.4, 0.5) is 14.5 Å². The van der Waals surface area contributed by atoms with Crippen molar-refractivity contribution in [1.82, 2.24) is 15.1 Å². The van der Waals surface area contributed by atoms with Gasteiger partial charge in [0.15, 0.2) is 0 Å². The zero-order chi connectivity index (χ0) is 24.1. The number of rotatable bonds is 5. The van der Waals surface area contributed by atoms with Crippen LogP contribution in [0.2, 0.25) is 0 Å². The van der Waals surface area contributed by atoms with Crippen LogP contribution in [0.1, 0.15) is 24.4 Å². The molecule has 0 unspecified atom stereocenters. The predicted octanol–water partition coefficient (Wildman–Crippen LogP) is 4.49. The molecule has 8 heteroatoms. The lowest BCUT2D eigenvalue weighted by Gasteiger charge is -2.29. The SMILES string of the molecule is O=C(N[C@H]1[C@H](F)C(=O)N(c2ccc3c(cnn3-c3ccc(F)cc3)c2)[C@@H]1c1ccccc1)C1CC1. The summed E-state index contributed by atoms with van der Waals surface area (Å²) in [5.74, 6) is -1.33. The number of nitrogens with one attached hydrogen (secondary N) is 1. The Kier molecular flexibility index (Phi) is 5.09. The van der Waals surface area contributed by atoms with Crippen LogP contribution in [0.5, 0.6) is 0 Å². The summed E-state index contributed by atoms with van der Waals surface area (Å²) in [6.45, 7) is 0. The van der Waals surface area contributed by atoms with Gasteiger partial charge in [0.05, 0.1) is 29.5 Å². The highest BCUT2D eigenvalue weighted by atomic mass is 19.1. The van der Waals surface area contributed by atoms with Crippen molar-refractivity contribution in [2.24, 2.45) is 5.92 Å². The molecule has 2 fully saturated rings. The van der Waals surface area contributed by atoms with E-state index in [4.69, 9.17) is 0 Å². The number of hydrogen-bond donors (Lipinski definition) is 1. The molecule has 4 aromatic rings. The molecule has 0 radical (unpaired) electrons. The van der Waals surface area contributed by atoms with E-state index < -0.39 is 24.2 Å². The van der Waals surface area contributed by atoms with Gasteiger partial charge in [0.2, 0.25) is 12.1 Å². The van der Waals surface area contributed by atoms with Gasteiger partial charge in [-0.05, 0) is 60.9 Å². The van der Waals surface area contributed by atoms with Crippen molar-refractivity contribution >= 4 is 28.4 Å². The summed E-state index contributed by atoms with van der Waals surface area (Å²) in [6.07, 6.45) is 1.37. The number of carbonyl (C=O) groups is 2. The predicted molar refractivity (Wildman–Crippen MR) is 127 cm³/mol. The highest BCUT2D eigenvalue weighted by Crippen LogP contribution is 2.40. The van der Waals surface area contributed by atoms with Crippen molar-refractivity contribution in [2.45, 2.75) is 31.1 Å². The highest BCUT2D eigenvalue weighted by Gasteiger charge is 2.51. The minimum absolute atomic E-state index is 0.101. The maximum Gasteiger partial charge on any atom is 0.264 e. The van der Waals surface area contributed by atoms with Crippen molar-refractivity contribution in [2.75, 3.05) is 4.90 Å². The van der Waals surface area contributed by atoms with Gasteiger partial charge in [0.25, 0.3) is 5.91 Å². The fourth-order valence-corrected chi connectivity index (χ4v) is 4.78. The molecule has 2 aliphatic rings. The lowest BCUT2D eigenvalue weighted by Crippen LogP contribution is -2.44. The highest BCUT2D eigenvalue weighted by molar-refractivity contribution is 6.03. The van der Waals surface area contributed by atoms with Crippen LogP contribution in [0.25, 0.3) is 16.6 Å². The summed E-state index contributed by atoms with van der Waals surface area (Å²) in [5, 5.41) is 7.97. The van der Waals surface area contributed by atoms with Crippen molar-refractivity contribution in [3.8, 4) is 5.69 Å². The van der Waals surface area contributed by atoms with E-state index in [-0.39, 0.29) is 17.6 Å². The number of fused-ring (bicyclic) bond motifs is 1. The van der Waals surface area contributed by atoms with Crippen LogP contribution in [0, 0.1) is 11.7 Å². The number of benzene rings is 3. The Morgan fingerprint density at radius 1 is 0.971 bits per heavy atom. The molecular formula is C27H22F2N4O2. The van der Waals surface area contributed by atoms with Gasteiger partial charge in [-0.25, -0.2) is 13.5 Å². The van der Waals surface area contributed by atoms with Crippen molar-refractivity contribution in [3.05, 3.63) is 90.4 Å². The Hall–Kier alpha value is -4.07. The third-order valence-electron chi connectivity index (χ3n) is 6.71. The topological polar surface area (TPSA) is 67.2 Å². The number of halogens is 2. The number of hydrogen-bond acceptors (Lipinski definition) is 3. The molecule has 0 bridgehead atoms. The van der Waals surface area contributed by atoms with Gasteiger partial charge in [-0.1, -0.05) is 30.3 Å². The standard InChI is InChI=1S/C27H22F2N4O2/c28-19-8-10-20(11-9-19)33-22-13-12-21(14-18(22)15-30-33)32-25(16-4-2-1-3-5-16)24(23(29)27(32)35)31-26(34)17-6-7-17/h1-5,8-15,17,23-25H,6-7H2,(H,31,34)/t23-,24-,25+/m0/s1. The average Bonchev–Trinajstić information content (AvgIpc) is 3.61. The summed E-state index contributed by atoms with van der Waals surface area (Å²) >= 11 is 0. The fourth-order valence-electron chi connectivity index (χ4n) is 4.78. The molecule has 3 atom stereocenters. The third-order valence-corrected chi connectivity index (χ3v) is 6.71. The molecule has 35 heavy (non-hydrogen) atoms. The molecule has 1 aliphatic heterocycles.